The van der Waals surface area contributed by atoms with Crippen molar-refractivity contribution in [2.75, 3.05) is 36.8 Å². The highest BCUT2D eigenvalue weighted by molar-refractivity contribution is 7.99. The molecule has 28 heavy (non-hydrogen) atoms. The van der Waals surface area contributed by atoms with E-state index in [1.54, 1.807) is 18.0 Å². The second-order valence-corrected chi connectivity index (χ2v) is 8.19. The summed E-state index contributed by atoms with van der Waals surface area (Å²) in [5.41, 5.74) is 1.01. The minimum atomic E-state index is 0.0373. The number of pyridine rings is 2. The number of amides is 1. The third-order valence-corrected chi connectivity index (χ3v) is 6.10. The molecular weight excluding hydrogens is 372 g/mol. The van der Waals surface area contributed by atoms with Gasteiger partial charge in [0.25, 0.3) is 0 Å². The van der Waals surface area contributed by atoms with Gasteiger partial charge in [0, 0.05) is 44.2 Å². The molecule has 0 aromatic carbocycles. The Balaban J connectivity index is 1.27. The average Bonchev–Trinajstić information content (AvgIpc) is 3.41. The number of nitrogens with zero attached hydrogens (tertiary/aromatic N) is 4. The van der Waals surface area contributed by atoms with Crippen molar-refractivity contribution in [1.29, 1.82) is 0 Å². The third kappa shape index (κ3) is 4.76. The standard InChI is InChI=1S/C21H26N4O2S/c26-20(16-28-15-17-6-1-2-9-22-17)25-13-8-18(14-25)27-19-7-5-10-23-21(19)24-11-3-4-12-24/h1-2,5-7,9-10,18H,3-4,8,11-16H2. The van der Waals surface area contributed by atoms with Crippen LogP contribution < -0.4 is 9.64 Å². The van der Waals surface area contributed by atoms with Gasteiger partial charge >= 0.3 is 0 Å². The number of hydrogen-bond donors (Lipinski definition) is 0. The predicted octanol–water partition coefficient (Wildman–Crippen LogP) is 2.99. The van der Waals surface area contributed by atoms with E-state index in [9.17, 15) is 4.79 Å². The average molecular weight is 399 g/mol. The zero-order chi connectivity index (χ0) is 19.2. The van der Waals surface area contributed by atoms with Crippen molar-refractivity contribution in [3.05, 3.63) is 48.4 Å². The molecule has 2 aromatic heterocycles. The van der Waals surface area contributed by atoms with E-state index in [4.69, 9.17) is 4.74 Å². The van der Waals surface area contributed by atoms with Crippen molar-refractivity contribution in [2.45, 2.75) is 31.1 Å². The Kier molecular flexibility index (Phi) is 6.31. The first-order valence-corrected chi connectivity index (χ1v) is 11.1. The minimum Gasteiger partial charge on any atom is -0.485 e. The van der Waals surface area contributed by atoms with Gasteiger partial charge in [0.2, 0.25) is 5.91 Å². The minimum absolute atomic E-state index is 0.0373. The van der Waals surface area contributed by atoms with Crippen molar-refractivity contribution in [2.24, 2.45) is 0 Å². The molecule has 1 unspecified atom stereocenters. The summed E-state index contributed by atoms with van der Waals surface area (Å²) >= 11 is 1.61. The molecule has 1 amide bonds. The highest BCUT2D eigenvalue weighted by Gasteiger charge is 2.29. The van der Waals surface area contributed by atoms with Gasteiger partial charge in [-0.3, -0.25) is 9.78 Å². The van der Waals surface area contributed by atoms with Crippen LogP contribution in [0.25, 0.3) is 0 Å². The zero-order valence-corrected chi connectivity index (χ0v) is 16.8. The van der Waals surface area contributed by atoms with E-state index in [0.717, 1.165) is 49.1 Å². The van der Waals surface area contributed by atoms with Crippen LogP contribution in [-0.2, 0) is 10.5 Å². The lowest BCUT2D eigenvalue weighted by molar-refractivity contribution is -0.127. The molecule has 148 valence electrons. The molecule has 4 rings (SSSR count). The molecule has 1 atom stereocenters. The summed E-state index contributed by atoms with van der Waals surface area (Å²) in [7, 11) is 0. The molecule has 2 aromatic rings. The highest BCUT2D eigenvalue weighted by Crippen LogP contribution is 2.30. The summed E-state index contributed by atoms with van der Waals surface area (Å²) in [4.78, 5) is 25.6. The monoisotopic (exact) mass is 398 g/mol. The van der Waals surface area contributed by atoms with Gasteiger partial charge in [-0.15, -0.1) is 11.8 Å². The lowest BCUT2D eigenvalue weighted by Gasteiger charge is -2.22. The van der Waals surface area contributed by atoms with Gasteiger partial charge < -0.3 is 14.5 Å². The van der Waals surface area contributed by atoms with Crippen molar-refractivity contribution < 1.29 is 9.53 Å². The van der Waals surface area contributed by atoms with E-state index in [0.29, 0.717) is 12.3 Å². The van der Waals surface area contributed by atoms with Crippen molar-refractivity contribution in [3.8, 4) is 5.75 Å². The maximum atomic E-state index is 12.5. The zero-order valence-electron chi connectivity index (χ0n) is 16.0. The summed E-state index contributed by atoms with van der Waals surface area (Å²) in [6.45, 7) is 3.48. The number of carbonyl (C=O) groups excluding carboxylic acids is 1. The first-order chi connectivity index (χ1) is 13.8. The Morgan fingerprint density at radius 1 is 1.11 bits per heavy atom. The summed E-state index contributed by atoms with van der Waals surface area (Å²) in [6.07, 6.45) is 6.93. The van der Waals surface area contributed by atoms with Crippen LogP contribution in [0, 0.1) is 0 Å². The van der Waals surface area contributed by atoms with Crippen LogP contribution in [0.5, 0.6) is 5.75 Å². The van der Waals surface area contributed by atoms with Gasteiger partial charge in [0.05, 0.1) is 18.0 Å². The van der Waals surface area contributed by atoms with Crippen molar-refractivity contribution in [1.82, 2.24) is 14.9 Å². The van der Waals surface area contributed by atoms with Crippen LogP contribution in [0.1, 0.15) is 25.0 Å². The molecule has 6 nitrogen and oxygen atoms in total. The number of ether oxygens (including phenoxy) is 1. The molecular formula is C21H26N4O2S. The van der Waals surface area contributed by atoms with Crippen molar-refractivity contribution >= 4 is 23.5 Å². The van der Waals surface area contributed by atoms with Crippen LogP contribution in [0.2, 0.25) is 0 Å². The molecule has 0 N–H and O–H groups in total. The van der Waals surface area contributed by atoms with Gasteiger partial charge in [0.15, 0.2) is 11.6 Å². The highest BCUT2D eigenvalue weighted by atomic mass is 32.2. The molecule has 2 fully saturated rings. The van der Waals surface area contributed by atoms with E-state index < -0.39 is 0 Å². The maximum Gasteiger partial charge on any atom is 0.232 e. The number of anilines is 1. The quantitative estimate of drug-likeness (QED) is 0.715. The van der Waals surface area contributed by atoms with Crippen LogP contribution in [-0.4, -0.2) is 58.8 Å². The van der Waals surface area contributed by atoms with Gasteiger partial charge in [0.1, 0.15) is 6.10 Å². The molecule has 0 bridgehead atoms. The number of hydrogen-bond acceptors (Lipinski definition) is 6. The number of likely N-dealkylation sites (tertiary alicyclic amines) is 1. The Morgan fingerprint density at radius 2 is 1.96 bits per heavy atom. The van der Waals surface area contributed by atoms with Crippen molar-refractivity contribution in [3.63, 3.8) is 0 Å². The normalized spacial score (nSPS) is 19.2. The van der Waals surface area contributed by atoms with E-state index in [2.05, 4.69) is 14.9 Å². The molecule has 0 spiro atoms. The number of carbonyl (C=O) groups is 1. The molecule has 0 aliphatic carbocycles. The first-order valence-electron chi connectivity index (χ1n) is 9.91. The molecule has 2 saturated heterocycles. The van der Waals surface area contributed by atoms with Crippen LogP contribution in [0.15, 0.2) is 42.7 Å². The molecule has 4 heterocycles. The summed E-state index contributed by atoms with van der Waals surface area (Å²) < 4.78 is 6.26. The summed E-state index contributed by atoms with van der Waals surface area (Å²) in [6, 6.07) is 9.78. The number of rotatable bonds is 7. The number of thioether (sulfide) groups is 1. The lowest BCUT2D eigenvalue weighted by Crippen LogP contribution is -2.32. The van der Waals surface area contributed by atoms with Gasteiger partial charge in [-0.2, -0.15) is 0 Å². The Morgan fingerprint density at radius 3 is 2.79 bits per heavy atom. The fourth-order valence-corrected chi connectivity index (χ4v) is 4.53. The van der Waals surface area contributed by atoms with E-state index in [1.807, 2.05) is 41.4 Å². The number of aromatic nitrogens is 2. The second-order valence-electron chi connectivity index (χ2n) is 7.20. The Hall–Kier alpha value is -2.28. The van der Waals surface area contributed by atoms with E-state index in [1.165, 1.54) is 12.8 Å². The molecule has 2 aliphatic rings. The Labute approximate surface area is 170 Å². The van der Waals surface area contributed by atoms with Crippen LogP contribution in [0.4, 0.5) is 5.82 Å². The summed E-state index contributed by atoms with van der Waals surface area (Å²) in [5, 5.41) is 0. The molecule has 2 aliphatic heterocycles. The first kappa shape index (κ1) is 19.1. The van der Waals surface area contributed by atoms with Crippen LogP contribution in [0.3, 0.4) is 0 Å². The van der Waals surface area contributed by atoms with E-state index in [-0.39, 0.29) is 12.0 Å². The van der Waals surface area contributed by atoms with E-state index >= 15 is 0 Å². The van der Waals surface area contributed by atoms with Crippen LogP contribution >= 0.6 is 11.8 Å². The van der Waals surface area contributed by atoms with Gasteiger partial charge in [-0.05, 0) is 37.1 Å². The lowest BCUT2D eigenvalue weighted by atomic mass is 10.3. The largest absolute Gasteiger partial charge is 0.485 e. The molecule has 7 heteroatoms. The fraction of sp³-hybridized carbons (Fsp3) is 0.476. The fourth-order valence-electron chi connectivity index (χ4n) is 3.69. The summed E-state index contributed by atoms with van der Waals surface area (Å²) in [5.74, 6) is 3.20. The predicted molar refractivity (Wildman–Crippen MR) is 112 cm³/mol. The SMILES string of the molecule is O=C(CSCc1ccccn1)N1CCC(Oc2cccnc2N2CCCC2)C1. The van der Waals surface area contributed by atoms with Gasteiger partial charge in [-0.1, -0.05) is 6.07 Å². The smallest absolute Gasteiger partial charge is 0.232 e. The molecule has 0 saturated carbocycles. The van der Waals surface area contributed by atoms with Gasteiger partial charge in [-0.25, -0.2) is 4.98 Å². The second kappa shape index (κ2) is 9.28. The molecule has 0 radical (unpaired) electrons. The maximum absolute atomic E-state index is 12.5. The third-order valence-electron chi connectivity index (χ3n) is 5.15. The Bertz CT molecular complexity index is 783. The topological polar surface area (TPSA) is 58.6 Å².